The van der Waals surface area contributed by atoms with Crippen LogP contribution in [0.1, 0.15) is 41.0 Å². The number of hydrogen-bond donors (Lipinski definition) is 2. The number of hydrogen-bond acceptors (Lipinski definition) is 4. The van der Waals surface area contributed by atoms with Crippen LogP contribution in [-0.2, 0) is 14.3 Å². The summed E-state index contributed by atoms with van der Waals surface area (Å²) < 4.78 is 4.72. The molecule has 1 amide bonds. The van der Waals surface area contributed by atoms with E-state index in [9.17, 15) is 9.59 Å². The molecule has 3 unspecified atom stereocenters. The molecule has 0 heterocycles. The van der Waals surface area contributed by atoms with Gasteiger partial charge in [-0.3, -0.25) is 14.9 Å². The zero-order valence-electron chi connectivity index (χ0n) is 12.2. The Morgan fingerprint density at radius 1 is 1.17 bits per heavy atom. The van der Waals surface area contributed by atoms with E-state index in [1.807, 2.05) is 27.7 Å². The summed E-state index contributed by atoms with van der Waals surface area (Å²) >= 11 is 0. The molecule has 0 aliphatic heterocycles. The number of ether oxygens (including phenoxy) is 1. The number of amides is 1. The van der Waals surface area contributed by atoms with Gasteiger partial charge >= 0.3 is 5.97 Å². The first kappa shape index (κ1) is 16.9. The highest BCUT2D eigenvalue weighted by atomic mass is 16.5. The van der Waals surface area contributed by atoms with Crippen molar-refractivity contribution in [2.75, 3.05) is 7.11 Å². The highest BCUT2D eigenvalue weighted by Gasteiger charge is 2.27. The van der Waals surface area contributed by atoms with E-state index in [-0.39, 0.29) is 23.8 Å². The van der Waals surface area contributed by atoms with E-state index in [1.54, 1.807) is 6.92 Å². The van der Waals surface area contributed by atoms with Crippen molar-refractivity contribution in [3.8, 4) is 0 Å². The zero-order valence-corrected chi connectivity index (χ0v) is 12.2. The van der Waals surface area contributed by atoms with Crippen LogP contribution in [0, 0.1) is 5.92 Å². The third-order valence-corrected chi connectivity index (χ3v) is 2.95. The lowest BCUT2D eigenvalue weighted by Gasteiger charge is -2.24. The van der Waals surface area contributed by atoms with Gasteiger partial charge in [-0.05, 0) is 26.2 Å². The minimum absolute atomic E-state index is 0.0660. The SMILES string of the molecule is CCC(C)NC(=O)C(C)NC(C(=O)OC)C(C)C. The fraction of sp³-hybridized carbons (Fsp3) is 0.846. The van der Waals surface area contributed by atoms with E-state index in [4.69, 9.17) is 4.74 Å². The van der Waals surface area contributed by atoms with Crippen molar-refractivity contribution in [3.05, 3.63) is 0 Å². The molecular formula is C13H26N2O3. The minimum atomic E-state index is -0.465. The molecule has 0 saturated heterocycles. The summed E-state index contributed by atoms with van der Waals surface area (Å²) in [5.74, 6) is -0.372. The summed E-state index contributed by atoms with van der Waals surface area (Å²) in [6.07, 6.45) is 0.878. The van der Waals surface area contributed by atoms with Gasteiger partial charge in [-0.1, -0.05) is 20.8 Å². The second-order valence-electron chi connectivity index (χ2n) is 4.95. The van der Waals surface area contributed by atoms with Gasteiger partial charge in [0.2, 0.25) is 5.91 Å². The number of methoxy groups -OCH3 is 1. The Morgan fingerprint density at radius 3 is 2.11 bits per heavy atom. The van der Waals surface area contributed by atoms with Crippen molar-refractivity contribution in [2.45, 2.75) is 59.2 Å². The Hall–Kier alpha value is -1.10. The van der Waals surface area contributed by atoms with E-state index < -0.39 is 12.1 Å². The highest BCUT2D eigenvalue weighted by molar-refractivity contribution is 5.83. The lowest BCUT2D eigenvalue weighted by atomic mass is 10.0. The predicted molar refractivity (Wildman–Crippen MR) is 71.1 cm³/mol. The lowest BCUT2D eigenvalue weighted by molar-refractivity contribution is -0.144. The van der Waals surface area contributed by atoms with E-state index in [2.05, 4.69) is 10.6 Å². The smallest absolute Gasteiger partial charge is 0.323 e. The molecule has 2 N–H and O–H groups in total. The molecule has 18 heavy (non-hydrogen) atoms. The molecule has 5 heteroatoms. The molecule has 0 aliphatic rings. The average Bonchev–Trinajstić information content (AvgIpc) is 2.33. The minimum Gasteiger partial charge on any atom is -0.468 e. The molecule has 0 rings (SSSR count). The van der Waals surface area contributed by atoms with Crippen LogP contribution in [0.2, 0.25) is 0 Å². The number of carbonyl (C=O) groups is 2. The van der Waals surface area contributed by atoms with Crippen LogP contribution in [0.3, 0.4) is 0 Å². The lowest BCUT2D eigenvalue weighted by Crippen LogP contribution is -2.52. The highest BCUT2D eigenvalue weighted by Crippen LogP contribution is 2.05. The Labute approximate surface area is 110 Å². The van der Waals surface area contributed by atoms with Crippen molar-refractivity contribution < 1.29 is 14.3 Å². The summed E-state index contributed by atoms with van der Waals surface area (Å²) in [6, 6.07) is -0.754. The maximum Gasteiger partial charge on any atom is 0.323 e. The normalized spacial score (nSPS) is 15.9. The van der Waals surface area contributed by atoms with Gasteiger partial charge in [0.05, 0.1) is 13.2 Å². The monoisotopic (exact) mass is 258 g/mol. The van der Waals surface area contributed by atoms with Crippen LogP contribution in [0.5, 0.6) is 0 Å². The molecule has 5 nitrogen and oxygen atoms in total. The predicted octanol–water partition coefficient (Wildman–Crippen LogP) is 1.08. The molecule has 0 aromatic rings. The molecule has 0 aromatic carbocycles. The van der Waals surface area contributed by atoms with Crippen molar-refractivity contribution in [1.82, 2.24) is 10.6 Å². The summed E-state index contributed by atoms with van der Waals surface area (Å²) in [5, 5.41) is 5.89. The van der Waals surface area contributed by atoms with E-state index in [0.29, 0.717) is 0 Å². The molecule has 0 aromatic heterocycles. The molecule has 0 radical (unpaired) electrons. The van der Waals surface area contributed by atoms with Gasteiger partial charge in [-0.25, -0.2) is 0 Å². The number of esters is 1. The first-order valence-corrected chi connectivity index (χ1v) is 6.47. The van der Waals surface area contributed by atoms with Crippen LogP contribution in [0.25, 0.3) is 0 Å². The van der Waals surface area contributed by atoms with Gasteiger partial charge in [0.15, 0.2) is 0 Å². The standard InChI is InChI=1S/C13H26N2O3/c1-7-9(4)14-12(16)10(5)15-11(8(2)3)13(17)18-6/h8-11,15H,7H2,1-6H3,(H,14,16). The third kappa shape index (κ3) is 5.49. The van der Waals surface area contributed by atoms with Gasteiger partial charge in [0.25, 0.3) is 0 Å². The maximum atomic E-state index is 11.9. The first-order chi connectivity index (χ1) is 8.33. The molecule has 0 bridgehead atoms. The number of nitrogens with one attached hydrogen (secondary N) is 2. The van der Waals surface area contributed by atoms with E-state index in [0.717, 1.165) is 6.42 Å². The van der Waals surface area contributed by atoms with Crippen molar-refractivity contribution in [1.29, 1.82) is 0 Å². The van der Waals surface area contributed by atoms with Gasteiger partial charge in [-0.15, -0.1) is 0 Å². The largest absolute Gasteiger partial charge is 0.468 e. The second-order valence-corrected chi connectivity index (χ2v) is 4.95. The molecule has 3 atom stereocenters. The van der Waals surface area contributed by atoms with Crippen molar-refractivity contribution in [3.63, 3.8) is 0 Å². The summed E-state index contributed by atoms with van der Waals surface area (Å²) in [4.78, 5) is 23.4. The van der Waals surface area contributed by atoms with Gasteiger partial charge < -0.3 is 10.1 Å². The van der Waals surface area contributed by atoms with E-state index >= 15 is 0 Å². The summed E-state index contributed by atoms with van der Waals surface area (Å²) in [6.45, 7) is 9.52. The topological polar surface area (TPSA) is 67.4 Å². The molecule has 0 fully saturated rings. The van der Waals surface area contributed by atoms with Crippen molar-refractivity contribution in [2.24, 2.45) is 5.92 Å². The Bertz CT molecular complexity index is 279. The van der Waals surface area contributed by atoms with Crippen LogP contribution >= 0.6 is 0 Å². The van der Waals surface area contributed by atoms with Crippen molar-refractivity contribution >= 4 is 11.9 Å². The molecule has 0 spiro atoms. The van der Waals surface area contributed by atoms with Gasteiger partial charge in [0, 0.05) is 6.04 Å². The zero-order chi connectivity index (χ0) is 14.3. The van der Waals surface area contributed by atoms with Gasteiger partial charge in [-0.2, -0.15) is 0 Å². The van der Waals surface area contributed by atoms with E-state index in [1.165, 1.54) is 7.11 Å². The summed E-state index contributed by atoms with van der Waals surface area (Å²) in [7, 11) is 1.35. The van der Waals surface area contributed by atoms with Gasteiger partial charge in [0.1, 0.15) is 6.04 Å². The fourth-order valence-electron chi connectivity index (χ4n) is 1.47. The summed E-state index contributed by atoms with van der Waals surface area (Å²) in [5.41, 5.74) is 0. The molecular weight excluding hydrogens is 232 g/mol. The maximum absolute atomic E-state index is 11.9. The molecule has 106 valence electrons. The van der Waals surface area contributed by atoms with Crippen LogP contribution in [0.4, 0.5) is 0 Å². The molecule has 0 saturated carbocycles. The number of rotatable bonds is 7. The Balaban J connectivity index is 4.46. The second kappa shape index (κ2) is 8.08. The quantitative estimate of drug-likeness (QED) is 0.670. The van der Waals surface area contributed by atoms with Crippen LogP contribution in [-0.4, -0.2) is 37.1 Å². The Kier molecular flexibility index (Phi) is 7.59. The average molecular weight is 258 g/mol. The Morgan fingerprint density at radius 2 is 1.72 bits per heavy atom. The fourth-order valence-corrected chi connectivity index (χ4v) is 1.47. The van der Waals surface area contributed by atoms with Crippen LogP contribution < -0.4 is 10.6 Å². The van der Waals surface area contributed by atoms with Crippen LogP contribution in [0.15, 0.2) is 0 Å². The third-order valence-electron chi connectivity index (χ3n) is 2.95. The number of carbonyl (C=O) groups excluding carboxylic acids is 2. The first-order valence-electron chi connectivity index (χ1n) is 6.47. The molecule has 0 aliphatic carbocycles.